The van der Waals surface area contributed by atoms with Crippen molar-refractivity contribution in [1.29, 1.82) is 0 Å². The van der Waals surface area contributed by atoms with E-state index in [1.54, 1.807) is 25.4 Å². The molecule has 0 aliphatic rings. The van der Waals surface area contributed by atoms with E-state index in [1.165, 1.54) is 18.2 Å². The Labute approximate surface area is 104 Å². The molecule has 0 fully saturated rings. The van der Waals surface area contributed by atoms with Crippen LogP contribution < -0.4 is 10.1 Å². The van der Waals surface area contributed by atoms with E-state index < -0.39 is 0 Å². The highest BCUT2D eigenvalue weighted by atomic mass is 19.1. The molecule has 0 bridgehead atoms. The minimum absolute atomic E-state index is 0.0605. The summed E-state index contributed by atoms with van der Waals surface area (Å²) < 4.78 is 17.9. The zero-order valence-corrected chi connectivity index (χ0v) is 9.85. The zero-order valence-electron chi connectivity index (χ0n) is 9.85. The van der Waals surface area contributed by atoms with E-state index >= 15 is 0 Å². The van der Waals surface area contributed by atoms with Crippen molar-refractivity contribution in [3.63, 3.8) is 0 Å². The number of benzene rings is 1. The van der Waals surface area contributed by atoms with Crippen LogP contribution in [0.1, 0.15) is 5.56 Å². The molecule has 1 heterocycles. The van der Waals surface area contributed by atoms with Crippen LogP contribution in [0.4, 0.5) is 10.1 Å². The number of halogens is 1. The highest BCUT2D eigenvalue weighted by molar-refractivity contribution is 5.44. The van der Waals surface area contributed by atoms with Crippen LogP contribution >= 0.6 is 0 Å². The lowest BCUT2D eigenvalue weighted by Crippen LogP contribution is -2.00. The molecule has 1 aromatic carbocycles. The standard InChI is InChI=1S/C13H13FN2O2/c1-18-13-5-3-11(8-16-13)15-7-9-6-10(14)2-4-12(9)17/h2-6,8,15,17H,7H2,1H3. The van der Waals surface area contributed by atoms with Gasteiger partial charge in [-0.25, -0.2) is 9.37 Å². The smallest absolute Gasteiger partial charge is 0.213 e. The van der Waals surface area contributed by atoms with Crippen LogP contribution in [0.2, 0.25) is 0 Å². The third-order valence-electron chi connectivity index (χ3n) is 2.47. The first-order valence-corrected chi connectivity index (χ1v) is 5.40. The Bertz CT molecular complexity index is 529. The topological polar surface area (TPSA) is 54.4 Å². The number of nitrogens with zero attached hydrogens (tertiary/aromatic N) is 1. The Balaban J connectivity index is 2.04. The predicted molar refractivity (Wildman–Crippen MR) is 66.2 cm³/mol. The van der Waals surface area contributed by atoms with Gasteiger partial charge < -0.3 is 15.2 Å². The van der Waals surface area contributed by atoms with Gasteiger partial charge in [0.15, 0.2) is 0 Å². The SMILES string of the molecule is COc1ccc(NCc2cc(F)ccc2O)cn1. The van der Waals surface area contributed by atoms with Crippen molar-refractivity contribution < 1.29 is 14.2 Å². The molecule has 0 radical (unpaired) electrons. The number of pyridine rings is 1. The number of phenols is 1. The van der Waals surface area contributed by atoms with Gasteiger partial charge in [-0.05, 0) is 24.3 Å². The number of rotatable bonds is 4. The van der Waals surface area contributed by atoms with Gasteiger partial charge in [0.2, 0.25) is 5.88 Å². The maximum atomic E-state index is 13.0. The first-order chi connectivity index (χ1) is 8.69. The molecule has 18 heavy (non-hydrogen) atoms. The molecule has 0 aliphatic heterocycles. The van der Waals surface area contributed by atoms with Crippen LogP contribution in [-0.2, 0) is 6.54 Å². The summed E-state index contributed by atoms with van der Waals surface area (Å²) in [5.41, 5.74) is 1.25. The molecule has 0 aliphatic carbocycles. The Morgan fingerprint density at radius 2 is 2.17 bits per heavy atom. The van der Waals surface area contributed by atoms with Crippen molar-refractivity contribution in [2.24, 2.45) is 0 Å². The summed E-state index contributed by atoms with van der Waals surface area (Å²) in [7, 11) is 1.54. The lowest BCUT2D eigenvalue weighted by molar-refractivity contribution is 0.398. The van der Waals surface area contributed by atoms with Crippen molar-refractivity contribution in [3.05, 3.63) is 47.9 Å². The fourth-order valence-electron chi connectivity index (χ4n) is 1.50. The number of methoxy groups -OCH3 is 1. The number of anilines is 1. The van der Waals surface area contributed by atoms with Crippen molar-refractivity contribution in [1.82, 2.24) is 4.98 Å². The molecule has 0 atom stereocenters. The third kappa shape index (κ3) is 2.88. The van der Waals surface area contributed by atoms with Gasteiger partial charge in [-0.2, -0.15) is 0 Å². The lowest BCUT2D eigenvalue weighted by atomic mass is 10.2. The highest BCUT2D eigenvalue weighted by Crippen LogP contribution is 2.19. The first-order valence-electron chi connectivity index (χ1n) is 5.40. The highest BCUT2D eigenvalue weighted by Gasteiger charge is 2.03. The zero-order chi connectivity index (χ0) is 13.0. The van der Waals surface area contributed by atoms with E-state index in [0.29, 0.717) is 18.0 Å². The molecule has 4 nitrogen and oxygen atoms in total. The van der Waals surface area contributed by atoms with E-state index in [2.05, 4.69) is 10.3 Å². The normalized spacial score (nSPS) is 10.1. The number of hydrogen-bond acceptors (Lipinski definition) is 4. The van der Waals surface area contributed by atoms with Gasteiger partial charge in [0, 0.05) is 18.2 Å². The third-order valence-corrected chi connectivity index (χ3v) is 2.47. The quantitative estimate of drug-likeness (QED) is 0.873. The number of nitrogens with one attached hydrogen (secondary N) is 1. The summed E-state index contributed by atoms with van der Waals surface area (Å²) in [4.78, 5) is 4.03. The summed E-state index contributed by atoms with van der Waals surface area (Å²) in [5, 5.41) is 12.6. The van der Waals surface area contributed by atoms with Crippen LogP contribution in [0, 0.1) is 5.82 Å². The van der Waals surface area contributed by atoms with Gasteiger partial charge >= 0.3 is 0 Å². The Morgan fingerprint density at radius 1 is 1.33 bits per heavy atom. The van der Waals surface area contributed by atoms with Crippen molar-refractivity contribution in [2.75, 3.05) is 12.4 Å². The van der Waals surface area contributed by atoms with Gasteiger partial charge in [0.25, 0.3) is 0 Å². The molecule has 0 saturated heterocycles. The average Bonchev–Trinajstić information content (AvgIpc) is 2.40. The molecule has 2 N–H and O–H groups in total. The second-order valence-electron chi connectivity index (χ2n) is 3.72. The van der Waals surface area contributed by atoms with E-state index in [4.69, 9.17) is 4.74 Å². The number of aromatic hydroxyl groups is 1. The molecule has 94 valence electrons. The predicted octanol–water partition coefficient (Wildman–Crippen LogP) is 2.55. The summed E-state index contributed by atoms with van der Waals surface area (Å²) in [6, 6.07) is 7.35. The molecule has 2 aromatic rings. The molecule has 0 spiro atoms. The fraction of sp³-hybridized carbons (Fsp3) is 0.154. The Morgan fingerprint density at radius 3 is 2.83 bits per heavy atom. The fourth-order valence-corrected chi connectivity index (χ4v) is 1.50. The molecule has 5 heteroatoms. The monoisotopic (exact) mass is 248 g/mol. The molecule has 0 amide bonds. The van der Waals surface area contributed by atoms with Crippen molar-refractivity contribution in [3.8, 4) is 11.6 Å². The summed E-state index contributed by atoms with van der Waals surface area (Å²) in [5.74, 6) is 0.206. The summed E-state index contributed by atoms with van der Waals surface area (Å²) in [6.07, 6.45) is 1.61. The number of ether oxygens (including phenoxy) is 1. The number of hydrogen-bond donors (Lipinski definition) is 2. The van der Waals surface area contributed by atoms with Crippen LogP contribution in [0.3, 0.4) is 0 Å². The molecule has 2 rings (SSSR count). The van der Waals surface area contributed by atoms with E-state index in [-0.39, 0.29) is 11.6 Å². The molecule has 1 aromatic heterocycles. The van der Waals surface area contributed by atoms with Gasteiger partial charge in [0.05, 0.1) is 19.0 Å². The van der Waals surface area contributed by atoms with Gasteiger partial charge in [0.1, 0.15) is 11.6 Å². The van der Waals surface area contributed by atoms with Gasteiger partial charge in [-0.3, -0.25) is 0 Å². The number of aromatic nitrogens is 1. The van der Waals surface area contributed by atoms with Gasteiger partial charge in [-0.15, -0.1) is 0 Å². The Kier molecular flexibility index (Phi) is 3.62. The van der Waals surface area contributed by atoms with Crippen molar-refractivity contribution in [2.45, 2.75) is 6.54 Å². The molecular formula is C13H13FN2O2. The first kappa shape index (κ1) is 12.2. The van der Waals surface area contributed by atoms with Crippen molar-refractivity contribution >= 4 is 5.69 Å². The second-order valence-corrected chi connectivity index (χ2v) is 3.72. The van der Waals surface area contributed by atoms with Crippen LogP contribution in [0.5, 0.6) is 11.6 Å². The molecule has 0 unspecified atom stereocenters. The number of phenolic OH excluding ortho intramolecular Hbond substituents is 1. The largest absolute Gasteiger partial charge is 0.508 e. The van der Waals surface area contributed by atoms with E-state index in [0.717, 1.165) is 5.69 Å². The average molecular weight is 248 g/mol. The maximum Gasteiger partial charge on any atom is 0.213 e. The van der Waals surface area contributed by atoms with Crippen LogP contribution in [-0.4, -0.2) is 17.2 Å². The summed E-state index contributed by atoms with van der Waals surface area (Å²) in [6.45, 7) is 0.317. The second kappa shape index (κ2) is 5.35. The van der Waals surface area contributed by atoms with Gasteiger partial charge in [-0.1, -0.05) is 0 Å². The van der Waals surface area contributed by atoms with E-state index in [9.17, 15) is 9.50 Å². The van der Waals surface area contributed by atoms with Crippen LogP contribution in [0.25, 0.3) is 0 Å². The minimum atomic E-state index is -0.377. The van der Waals surface area contributed by atoms with E-state index in [1.807, 2.05) is 0 Å². The maximum absolute atomic E-state index is 13.0. The molecule has 0 saturated carbocycles. The Hall–Kier alpha value is -2.30. The molecular weight excluding hydrogens is 235 g/mol. The lowest BCUT2D eigenvalue weighted by Gasteiger charge is -2.08. The summed E-state index contributed by atoms with van der Waals surface area (Å²) >= 11 is 0. The minimum Gasteiger partial charge on any atom is -0.508 e. The van der Waals surface area contributed by atoms with Crippen LogP contribution in [0.15, 0.2) is 36.5 Å².